The van der Waals surface area contributed by atoms with E-state index in [1.165, 1.54) is 70.6 Å². The van der Waals surface area contributed by atoms with E-state index in [2.05, 4.69) is 37.2 Å². The highest BCUT2D eigenvalue weighted by atomic mass is 32.2. The van der Waals surface area contributed by atoms with Gasteiger partial charge in [0.2, 0.25) is 0 Å². The fourth-order valence-electron chi connectivity index (χ4n) is 4.17. The quantitative estimate of drug-likeness (QED) is 0.299. The monoisotopic (exact) mass is 537 g/mol. The van der Waals surface area contributed by atoms with Crippen molar-refractivity contribution in [3.8, 4) is 6.07 Å². The first-order valence-electron chi connectivity index (χ1n) is 14.1. The summed E-state index contributed by atoms with van der Waals surface area (Å²) in [6.45, 7) is 22.3. The fraction of sp³-hybridized carbons (Fsp3) is 0.733. The summed E-state index contributed by atoms with van der Waals surface area (Å²) >= 11 is 3.18. The fourth-order valence-corrected chi connectivity index (χ4v) is 5.93. The van der Waals surface area contributed by atoms with Gasteiger partial charge in [-0.3, -0.25) is 4.79 Å². The molecule has 6 heteroatoms. The molecule has 0 aliphatic heterocycles. The van der Waals surface area contributed by atoms with E-state index in [0.717, 1.165) is 15.1 Å². The maximum atomic E-state index is 11.3. The van der Waals surface area contributed by atoms with Crippen LogP contribution in [0.3, 0.4) is 0 Å². The Morgan fingerprint density at radius 1 is 1.00 bits per heavy atom. The van der Waals surface area contributed by atoms with Crippen LogP contribution in [0.2, 0.25) is 0 Å². The van der Waals surface area contributed by atoms with Gasteiger partial charge in [0.15, 0.2) is 0 Å². The van der Waals surface area contributed by atoms with Gasteiger partial charge in [0.05, 0.1) is 22.7 Å². The van der Waals surface area contributed by atoms with Gasteiger partial charge >= 0.3 is 0 Å². The molecule has 4 nitrogen and oxygen atoms in total. The summed E-state index contributed by atoms with van der Waals surface area (Å²) in [5.41, 5.74) is 0. The molecule has 1 N–H and O–H groups in total. The van der Waals surface area contributed by atoms with Crippen LogP contribution in [0.15, 0.2) is 34.3 Å². The van der Waals surface area contributed by atoms with Gasteiger partial charge in [0.25, 0.3) is 0 Å². The second-order valence-electron chi connectivity index (χ2n) is 8.91. The molecule has 0 saturated heterocycles. The molecule has 0 heterocycles. The highest BCUT2D eigenvalue weighted by Crippen LogP contribution is 2.35. The number of carbonyl (C=O) groups is 1. The van der Waals surface area contributed by atoms with Crippen LogP contribution >= 0.6 is 23.5 Å². The van der Waals surface area contributed by atoms with Crippen LogP contribution in [-0.2, 0) is 4.79 Å². The Balaban J connectivity index is 0. The van der Waals surface area contributed by atoms with Crippen LogP contribution in [-0.4, -0.2) is 28.5 Å². The van der Waals surface area contributed by atoms with Gasteiger partial charge in [-0.05, 0) is 39.5 Å². The zero-order valence-electron chi connectivity index (χ0n) is 24.5. The number of hydrogen-bond donors (Lipinski definition) is 1. The molecule has 0 amide bonds. The summed E-state index contributed by atoms with van der Waals surface area (Å²) in [5, 5.41) is 12.0. The lowest BCUT2D eigenvalue weighted by atomic mass is 9.88. The first-order chi connectivity index (χ1) is 17.3. The van der Waals surface area contributed by atoms with Crippen molar-refractivity contribution in [2.45, 2.75) is 138 Å². The van der Waals surface area contributed by atoms with E-state index < -0.39 is 0 Å². The second-order valence-corrected chi connectivity index (χ2v) is 11.3. The maximum absolute atomic E-state index is 11.3. The van der Waals surface area contributed by atoms with Crippen LogP contribution in [0, 0.1) is 11.3 Å². The molecule has 2 rings (SSSR count). The summed E-state index contributed by atoms with van der Waals surface area (Å²) in [6.07, 6.45) is 17.1. The lowest BCUT2D eigenvalue weighted by Gasteiger charge is -2.44. The van der Waals surface area contributed by atoms with Crippen molar-refractivity contribution in [1.82, 2.24) is 10.2 Å². The molecule has 0 aromatic rings. The largest absolute Gasteiger partial charge is 0.353 e. The van der Waals surface area contributed by atoms with E-state index in [1.807, 2.05) is 39.8 Å². The number of nitrogens with zero attached hydrogens (tertiary/aromatic N) is 2. The van der Waals surface area contributed by atoms with E-state index in [9.17, 15) is 4.79 Å². The van der Waals surface area contributed by atoms with E-state index >= 15 is 0 Å². The molecule has 0 bridgehead atoms. The highest BCUT2D eigenvalue weighted by molar-refractivity contribution is 8.24. The van der Waals surface area contributed by atoms with Crippen molar-refractivity contribution in [3.05, 3.63) is 34.3 Å². The zero-order valence-corrected chi connectivity index (χ0v) is 26.1. The van der Waals surface area contributed by atoms with E-state index in [4.69, 9.17) is 5.26 Å². The van der Waals surface area contributed by atoms with Gasteiger partial charge in [0, 0.05) is 22.7 Å². The molecule has 208 valence electrons. The zero-order chi connectivity index (χ0) is 27.8. The lowest BCUT2D eigenvalue weighted by molar-refractivity contribution is -0.114. The number of thioether (sulfide) groups is 2. The first kappa shape index (κ1) is 36.8. The summed E-state index contributed by atoms with van der Waals surface area (Å²) in [6, 6.07) is 3.17. The number of nitriles is 1. The number of carbonyl (C=O) groups excluding carboxylic acids is 1. The van der Waals surface area contributed by atoms with Gasteiger partial charge in [-0.1, -0.05) is 111 Å². The van der Waals surface area contributed by atoms with Crippen molar-refractivity contribution in [2.24, 2.45) is 0 Å². The minimum atomic E-state index is 0.198. The number of rotatable bonds is 10. The molecular formula is C30H55N3OS2. The Kier molecular flexibility index (Phi) is 25.9. The Morgan fingerprint density at radius 2 is 1.42 bits per heavy atom. The minimum Gasteiger partial charge on any atom is -0.353 e. The van der Waals surface area contributed by atoms with Gasteiger partial charge in [-0.25, -0.2) is 0 Å². The summed E-state index contributed by atoms with van der Waals surface area (Å²) < 4.78 is 1.11. The molecule has 0 radical (unpaired) electrons. The molecule has 0 aromatic carbocycles. The van der Waals surface area contributed by atoms with E-state index in [-0.39, 0.29) is 5.78 Å². The van der Waals surface area contributed by atoms with Crippen LogP contribution in [0.25, 0.3) is 0 Å². The topological polar surface area (TPSA) is 56.1 Å². The van der Waals surface area contributed by atoms with Crippen molar-refractivity contribution in [2.75, 3.05) is 5.75 Å². The average molecular weight is 538 g/mol. The normalized spacial score (nSPS) is 15.9. The predicted molar refractivity (Wildman–Crippen MR) is 165 cm³/mol. The van der Waals surface area contributed by atoms with Crippen LogP contribution in [0.5, 0.6) is 0 Å². The van der Waals surface area contributed by atoms with E-state index in [1.54, 1.807) is 30.4 Å². The minimum absolute atomic E-state index is 0.198. The third-order valence-electron chi connectivity index (χ3n) is 5.57. The van der Waals surface area contributed by atoms with Gasteiger partial charge < -0.3 is 10.2 Å². The molecule has 2 saturated carbocycles. The molecule has 0 aromatic heterocycles. The standard InChI is InChI=1S/C22H36N2OS2.C3H5N.C3H8.C2H6/c1-5-22(26-16-17(2)25)27-19(4)23-18(3)24(20-12-8-6-9-13-20)21-14-10-7-11-15-21;1-2-3-4;1-3-2;1-2/h5,20-21,23H,3-4,6-16H2,1-2H3;2H2,1H3;3H2,1-2H3;1-2H3/b22-5-;;;. The van der Waals surface area contributed by atoms with Gasteiger partial charge in [-0.15, -0.1) is 11.8 Å². The number of allylic oxidation sites excluding steroid dienone is 1. The highest BCUT2D eigenvalue weighted by Gasteiger charge is 2.30. The number of ketones is 1. The Labute approximate surface area is 232 Å². The van der Waals surface area contributed by atoms with E-state index in [0.29, 0.717) is 24.3 Å². The van der Waals surface area contributed by atoms with Crippen LogP contribution < -0.4 is 5.32 Å². The van der Waals surface area contributed by atoms with Crippen molar-refractivity contribution >= 4 is 29.3 Å². The molecule has 2 fully saturated rings. The molecule has 0 atom stereocenters. The Morgan fingerprint density at radius 3 is 1.75 bits per heavy atom. The van der Waals surface area contributed by atoms with Crippen LogP contribution in [0.4, 0.5) is 0 Å². The summed E-state index contributed by atoms with van der Waals surface area (Å²) in [5.74, 6) is 1.72. The number of nitrogens with one attached hydrogen (secondary N) is 1. The maximum Gasteiger partial charge on any atom is 0.140 e. The number of Topliss-reactive ketones (excluding diaryl/α,β-unsaturated/α-hetero) is 1. The third kappa shape index (κ3) is 18.0. The molecule has 0 spiro atoms. The third-order valence-corrected chi connectivity index (χ3v) is 8.03. The van der Waals surface area contributed by atoms with Gasteiger partial charge in [0.1, 0.15) is 5.78 Å². The molecule has 2 aliphatic rings. The predicted octanol–water partition coefficient (Wildman–Crippen LogP) is 9.76. The smallest absolute Gasteiger partial charge is 0.140 e. The summed E-state index contributed by atoms with van der Waals surface area (Å²) in [4.78, 5) is 13.9. The molecule has 36 heavy (non-hydrogen) atoms. The lowest BCUT2D eigenvalue weighted by Crippen LogP contribution is -2.47. The van der Waals surface area contributed by atoms with Crippen LogP contribution in [0.1, 0.15) is 126 Å². The second kappa shape index (κ2) is 25.3. The van der Waals surface area contributed by atoms with Gasteiger partial charge in [-0.2, -0.15) is 5.26 Å². The molecule has 2 aliphatic carbocycles. The Bertz CT molecular complexity index is 640. The van der Waals surface area contributed by atoms with Crippen molar-refractivity contribution in [3.63, 3.8) is 0 Å². The average Bonchev–Trinajstić information content (AvgIpc) is 2.89. The molecule has 0 unspecified atom stereocenters. The SMILES string of the molecule is C=C(NC(=C)N(C1CCCCC1)C1CCCCC1)S/C(=C\C)SCC(C)=O.CC.CCC.CCC#N. The summed E-state index contributed by atoms with van der Waals surface area (Å²) in [7, 11) is 0. The van der Waals surface area contributed by atoms with Crippen molar-refractivity contribution < 1.29 is 4.79 Å². The number of hydrogen-bond acceptors (Lipinski definition) is 6. The molecular weight excluding hydrogens is 482 g/mol. The Hall–Kier alpha value is -1.32. The first-order valence-corrected chi connectivity index (χ1v) is 15.9. The van der Waals surface area contributed by atoms with Crippen molar-refractivity contribution in [1.29, 1.82) is 5.26 Å².